The average Bonchev–Trinajstić information content (AvgIpc) is 3.25. The number of aromatic nitrogens is 4. The largest absolute Gasteiger partial charge is 0.464 e. The van der Waals surface area contributed by atoms with E-state index in [2.05, 4.69) is 30.6 Å². The van der Waals surface area contributed by atoms with Crippen LogP contribution in [0.1, 0.15) is 56.7 Å². The van der Waals surface area contributed by atoms with Crippen LogP contribution in [0.2, 0.25) is 0 Å². The zero-order valence-electron chi connectivity index (χ0n) is 27.8. The SMILES string of the molecule is CCC1C[C@H](C(F)(F)F)Oc2nc(-c3c(F)c(N)nc(C)c3C(F)(F)F)c(F)c3nc(OC[C@@]45CCCN4CC4(CC4(F)F)C5)nc(c23)NCCN1. The van der Waals surface area contributed by atoms with Gasteiger partial charge in [-0.05, 0) is 39.2 Å². The number of alkyl halides is 8. The molecule has 3 fully saturated rings. The van der Waals surface area contributed by atoms with Crippen LogP contribution in [0.4, 0.5) is 55.5 Å². The van der Waals surface area contributed by atoms with Gasteiger partial charge in [0.1, 0.15) is 29.0 Å². The van der Waals surface area contributed by atoms with Gasteiger partial charge in [-0.1, -0.05) is 6.92 Å². The van der Waals surface area contributed by atoms with Crippen molar-refractivity contribution in [2.75, 3.05) is 43.8 Å². The minimum absolute atomic E-state index is 0.00377. The van der Waals surface area contributed by atoms with Crippen molar-refractivity contribution in [3.63, 3.8) is 0 Å². The molecule has 1 aliphatic carbocycles. The topological polar surface area (TPSA) is 123 Å². The molecule has 2 saturated heterocycles. The van der Waals surface area contributed by atoms with Crippen LogP contribution in [0.15, 0.2) is 0 Å². The molecule has 52 heavy (non-hydrogen) atoms. The molecule has 0 amide bonds. The third-order valence-electron chi connectivity index (χ3n) is 10.6. The fraction of sp³-hybridized carbons (Fsp3) is 0.625. The van der Waals surface area contributed by atoms with E-state index in [0.29, 0.717) is 19.4 Å². The lowest BCUT2D eigenvalue weighted by Gasteiger charge is -2.31. The molecule has 1 saturated carbocycles. The second-order valence-corrected chi connectivity index (χ2v) is 14.0. The van der Waals surface area contributed by atoms with Crippen LogP contribution < -0.4 is 25.8 Å². The summed E-state index contributed by atoms with van der Waals surface area (Å²) in [6.07, 6.45) is -12.4. The number of nitrogens with zero attached hydrogens (tertiary/aromatic N) is 5. The number of halogens is 10. The van der Waals surface area contributed by atoms with Crippen molar-refractivity contribution in [2.24, 2.45) is 5.41 Å². The van der Waals surface area contributed by atoms with E-state index in [1.807, 2.05) is 4.90 Å². The van der Waals surface area contributed by atoms with Crippen molar-refractivity contribution in [2.45, 2.75) is 88.3 Å². The van der Waals surface area contributed by atoms with Crippen LogP contribution >= 0.6 is 0 Å². The number of nitrogen functional groups attached to an aromatic ring is 1. The van der Waals surface area contributed by atoms with E-state index in [-0.39, 0.29) is 51.3 Å². The van der Waals surface area contributed by atoms with Crippen LogP contribution in [0.3, 0.4) is 0 Å². The minimum Gasteiger partial charge on any atom is -0.464 e. The summed E-state index contributed by atoms with van der Waals surface area (Å²) in [4.78, 5) is 17.4. The van der Waals surface area contributed by atoms with Crippen molar-refractivity contribution >= 4 is 22.5 Å². The lowest BCUT2D eigenvalue weighted by Crippen LogP contribution is -2.43. The maximum Gasteiger partial charge on any atom is 0.425 e. The quantitative estimate of drug-likeness (QED) is 0.252. The molecule has 4 aliphatic rings. The van der Waals surface area contributed by atoms with Crippen LogP contribution in [0.5, 0.6) is 11.9 Å². The van der Waals surface area contributed by atoms with Gasteiger partial charge in [0.05, 0.1) is 27.8 Å². The maximum absolute atomic E-state index is 16.7. The second-order valence-electron chi connectivity index (χ2n) is 14.0. The molecular weight excluding hydrogens is 718 g/mol. The summed E-state index contributed by atoms with van der Waals surface area (Å²) < 4.78 is 159. The Morgan fingerprint density at radius 1 is 1.02 bits per heavy atom. The van der Waals surface area contributed by atoms with Gasteiger partial charge in [0.15, 0.2) is 23.6 Å². The molecule has 0 bridgehead atoms. The molecular formula is C32H34F10N8O2. The van der Waals surface area contributed by atoms with Gasteiger partial charge in [-0.25, -0.2) is 27.5 Å². The van der Waals surface area contributed by atoms with Crippen LogP contribution in [-0.2, 0) is 6.18 Å². The molecule has 3 aliphatic heterocycles. The monoisotopic (exact) mass is 752 g/mol. The Kier molecular flexibility index (Phi) is 8.62. The number of ether oxygens (including phenoxy) is 2. The van der Waals surface area contributed by atoms with Crippen molar-refractivity contribution < 1.29 is 53.4 Å². The highest BCUT2D eigenvalue weighted by molar-refractivity contribution is 5.96. The molecule has 1 spiro atoms. The number of fused-ring (bicyclic) bond motifs is 1. The van der Waals surface area contributed by atoms with Crippen LogP contribution in [-0.4, -0.2) is 87.4 Å². The highest BCUT2D eigenvalue weighted by Gasteiger charge is 2.77. The highest BCUT2D eigenvalue weighted by Crippen LogP contribution is 2.69. The Morgan fingerprint density at radius 2 is 1.75 bits per heavy atom. The molecule has 2 unspecified atom stereocenters. The van der Waals surface area contributed by atoms with Gasteiger partial charge in [-0.2, -0.15) is 36.3 Å². The number of nitrogens with one attached hydrogen (secondary N) is 2. The number of hydrogen-bond acceptors (Lipinski definition) is 10. The fourth-order valence-corrected chi connectivity index (χ4v) is 7.98. The van der Waals surface area contributed by atoms with Gasteiger partial charge < -0.3 is 25.8 Å². The summed E-state index contributed by atoms with van der Waals surface area (Å²) in [5.41, 5.74) is -2.91. The highest BCUT2D eigenvalue weighted by atomic mass is 19.4. The molecule has 20 heteroatoms. The molecule has 0 radical (unpaired) electrons. The number of pyridine rings is 2. The Bertz CT molecular complexity index is 1910. The van der Waals surface area contributed by atoms with Gasteiger partial charge in [0.2, 0.25) is 5.88 Å². The van der Waals surface area contributed by atoms with Crippen molar-refractivity contribution in [1.82, 2.24) is 30.2 Å². The lowest BCUT2D eigenvalue weighted by molar-refractivity contribution is -0.198. The summed E-state index contributed by atoms with van der Waals surface area (Å²) >= 11 is 0. The van der Waals surface area contributed by atoms with Gasteiger partial charge in [0, 0.05) is 38.5 Å². The first kappa shape index (κ1) is 36.4. The predicted octanol–water partition coefficient (Wildman–Crippen LogP) is 6.41. The summed E-state index contributed by atoms with van der Waals surface area (Å²) in [5.74, 6) is -8.77. The van der Waals surface area contributed by atoms with Crippen molar-refractivity contribution in [3.05, 3.63) is 22.9 Å². The van der Waals surface area contributed by atoms with E-state index in [9.17, 15) is 35.1 Å². The first-order chi connectivity index (χ1) is 24.3. The van der Waals surface area contributed by atoms with E-state index in [1.54, 1.807) is 6.92 Å². The van der Waals surface area contributed by atoms with Crippen LogP contribution in [0.25, 0.3) is 22.2 Å². The molecule has 3 aromatic heterocycles. The smallest absolute Gasteiger partial charge is 0.425 e. The van der Waals surface area contributed by atoms with E-state index in [4.69, 9.17) is 15.2 Å². The van der Waals surface area contributed by atoms with E-state index in [1.165, 1.54) is 0 Å². The second kappa shape index (κ2) is 12.3. The fourth-order valence-electron chi connectivity index (χ4n) is 7.98. The number of anilines is 2. The minimum atomic E-state index is -5.35. The zero-order valence-corrected chi connectivity index (χ0v) is 27.8. The standard InChI is InChI=1S/C32H34F10N8O2/c1-3-15-9-16(31(37,38)39)52-26-18-23(21(34)22(47-26)17-19(32(40,41)42)14(2)46-24(43)20(17)33)48-27(49-25(18)45-7-6-44-15)51-13-29-5-4-8-50(29)12-28(10-29)11-30(28,35)36/h15-16,44H,3-13H2,1-2H3,(H2,43,46)(H,45,48,49)/t15?,16-,28?,29+/m1/s1. The number of nitrogens with two attached hydrogens (primary N) is 1. The first-order valence-electron chi connectivity index (χ1n) is 16.7. The summed E-state index contributed by atoms with van der Waals surface area (Å²) in [5, 5.41) is 5.25. The third-order valence-corrected chi connectivity index (χ3v) is 10.6. The lowest BCUT2D eigenvalue weighted by atomic mass is 9.89. The van der Waals surface area contributed by atoms with Gasteiger partial charge >= 0.3 is 18.4 Å². The molecule has 10 nitrogen and oxygen atoms in total. The van der Waals surface area contributed by atoms with E-state index < -0.39 is 111 Å². The molecule has 4 atom stereocenters. The summed E-state index contributed by atoms with van der Waals surface area (Å²) in [7, 11) is 0. The summed E-state index contributed by atoms with van der Waals surface area (Å²) in [6.45, 7) is 3.03. The van der Waals surface area contributed by atoms with Gasteiger partial charge in [-0.15, -0.1) is 0 Å². The van der Waals surface area contributed by atoms with E-state index in [0.717, 1.165) is 6.92 Å². The average molecular weight is 753 g/mol. The molecule has 7 rings (SSSR count). The molecule has 6 heterocycles. The molecule has 284 valence electrons. The van der Waals surface area contributed by atoms with Gasteiger partial charge in [0.25, 0.3) is 5.92 Å². The summed E-state index contributed by atoms with van der Waals surface area (Å²) in [6, 6.07) is -1.32. The molecule has 4 N–H and O–H groups in total. The number of hydrogen-bond donors (Lipinski definition) is 3. The Hall–Kier alpha value is -3.94. The van der Waals surface area contributed by atoms with Crippen molar-refractivity contribution in [3.8, 4) is 23.1 Å². The van der Waals surface area contributed by atoms with Gasteiger partial charge in [-0.3, -0.25) is 4.90 Å². The van der Waals surface area contributed by atoms with Crippen molar-refractivity contribution in [1.29, 1.82) is 0 Å². The van der Waals surface area contributed by atoms with Crippen LogP contribution in [0, 0.1) is 24.0 Å². The van der Waals surface area contributed by atoms with E-state index >= 15 is 8.78 Å². The Labute approximate surface area is 289 Å². The maximum atomic E-state index is 16.7. The Balaban J connectivity index is 1.41. The molecule has 0 aromatic carbocycles. The third kappa shape index (κ3) is 6.08. The zero-order chi connectivity index (χ0) is 37.6. The molecule has 3 aromatic rings. The number of rotatable bonds is 5. The Morgan fingerprint density at radius 3 is 2.40 bits per heavy atom. The first-order valence-corrected chi connectivity index (χ1v) is 16.7. The number of aryl methyl sites for hydroxylation is 1. The normalized spacial score (nSPS) is 27.6. The predicted molar refractivity (Wildman–Crippen MR) is 166 cm³/mol.